The van der Waals surface area contributed by atoms with Crippen LogP contribution >= 0.6 is 11.6 Å². The second-order valence-electron chi connectivity index (χ2n) is 3.77. The van der Waals surface area contributed by atoms with Crippen molar-refractivity contribution >= 4 is 17.4 Å². The van der Waals surface area contributed by atoms with Crippen LogP contribution in [0.4, 0.5) is 19.0 Å². The van der Waals surface area contributed by atoms with E-state index in [1.54, 1.807) is 13.8 Å². The Kier molecular flexibility index (Phi) is 5.65. The lowest BCUT2D eigenvalue weighted by atomic mass is 10.4. The zero-order valence-corrected chi connectivity index (χ0v) is 11.4. The molecule has 0 aliphatic rings. The Morgan fingerprint density at radius 3 is 2.58 bits per heavy atom. The van der Waals surface area contributed by atoms with E-state index in [1.165, 1.54) is 6.07 Å². The van der Waals surface area contributed by atoms with Gasteiger partial charge in [-0.05, 0) is 13.8 Å². The number of rotatable bonds is 6. The fourth-order valence-corrected chi connectivity index (χ4v) is 1.71. The molecule has 0 saturated heterocycles. The topological polar surface area (TPSA) is 38.2 Å². The highest BCUT2D eigenvalue weighted by Crippen LogP contribution is 2.23. The van der Waals surface area contributed by atoms with Crippen LogP contribution in [0.25, 0.3) is 0 Å². The zero-order valence-electron chi connectivity index (χ0n) is 10.7. The molecule has 0 bridgehead atoms. The van der Waals surface area contributed by atoms with Crippen molar-refractivity contribution in [3.05, 3.63) is 11.9 Å². The molecular formula is C11H15ClF3N3O. The Morgan fingerprint density at radius 1 is 1.37 bits per heavy atom. The molecule has 1 heterocycles. The molecule has 4 nitrogen and oxygen atoms in total. The fraction of sp³-hybridized carbons (Fsp3) is 0.636. The van der Waals surface area contributed by atoms with E-state index in [2.05, 4.69) is 9.97 Å². The van der Waals surface area contributed by atoms with Crippen molar-refractivity contribution in [1.82, 2.24) is 9.97 Å². The van der Waals surface area contributed by atoms with Gasteiger partial charge < -0.3 is 9.64 Å². The molecule has 0 fully saturated rings. The predicted molar refractivity (Wildman–Crippen MR) is 66.9 cm³/mol. The molecule has 0 amide bonds. The first-order valence-corrected chi connectivity index (χ1v) is 6.25. The smallest absolute Gasteiger partial charge is 0.405 e. The quantitative estimate of drug-likeness (QED) is 0.757. The first kappa shape index (κ1) is 15.8. The second kappa shape index (κ2) is 6.79. The molecule has 0 radical (unpaired) electrons. The van der Waals surface area contributed by atoms with Gasteiger partial charge >= 0.3 is 6.18 Å². The number of ether oxygens (including phenoxy) is 1. The summed E-state index contributed by atoms with van der Waals surface area (Å²) in [6, 6.07) is 1.38. The Bertz CT molecular complexity index is 415. The van der Waals surface area contributed by atoms with Crippen molar-refractivity contribution in [2.45, 2.75) is 20.0 Å². The summed E-state index contributed by atoms with van der Waals surface area (Å²) in [6.07, 6.45) is -4.32. The van der Waals surface area contributed by atoms with E-state index >= 15 is 0 Å². The standard InChI is InChI=1S/C11H15ClF3N3O/c1-3-19-10-6-9(16-8(2)17-10)18(5-4-12)7-11(13,14)15/h6H,3-5,7H2,1-2H3. The molecule has 0 N–H and O–H groups in total. The summed E-state index contributed by atoms with van der Waals surface area (Å²) in [5.74, 6) is 0.840. The minimum Gasteiger partial charge on any atom is -0.478 e. The maximum absolute atomic E-state index is 12.5. The third kappa shape index (κ3) is 5.50. The van der Waals surface area contributed by atoms with Gasteiger partial charge in [-0.15, -0.1) is 11.6 Å². The van der Waals surface area contributed by atoms with Crippen LogP contribution in [0.2, 0.25) is 0 Å². The van der Waals surface area contributed by atoms with E-state index in [-0.39, 0.29) is 24.1 Å². The summed E-state index contributed by atoms with van der Waals surface area (Å²) in [5, 5.41) is 0. The van der Waals surface area contributed by atoms with Gasteiger partial charge in [-0.25, -0.2) is 4.98 Å². The number of anilines is 1. The van der Waals surface area contributed by atoms with E-state index < -0.39 is 12.7 Å². The van der Waals surface area contributed by atoms with Crippen molar-refractivity contribution in [1.29, 1.82) is 0 Å². The lowest BCUT2D eigenvalue weighted by molar-refractivity contribution is -0.119. The lowest BCUT2D eigenvalue weighted by Crippen LogP contribution is -2.36. The number of aryl methyl sites for hydroxylation is 1. The third-order valence-corrected chi connectivity index (χ3v) is 2.31. The molecule has 0 aliphatic carbocycles. The van der Waals surface area contributed by atoms with Gasteiger partial charge in [-0.2, -0.15) is 18.2 Å². The molecule has 0 saturated carbocycles. The molecule has 8 heteroatoms. The summed E-state index contributed by atoms with van der Waals surface area (Å²) >= 11 is 5.53. The van der Waals surface area contributed by atoms with Crippen LogP contribution in [0.5, 0.6) is 5.88 Å². The minimum atomic E-state index is -4.32. The van der Waals surface area contributed by atoms with Gasteiger partial charge in [0, 0.05) is 18.5 Å². The average molecular weight is 298 g/mol. The monoisotopic (exact) mass is 297 g/mol. The Labute approximate surface area is 114 Å². The summed E-state index contributed by atoms with van der Waals surface area (Å²) in [5.41, 5.74) is 0. The van der Waals surface area contributed by atoms with Gasteiger partial charge in [0.25, 0.3) is 0 Å². The largest absolute Gasteiger partial charge is 0.478 e. The molecule has 0 aromatic carbocycles. The van der Waals surface area contributed by atoms with Crippen LogP contribution in [0, 0.1) is 6.92 Å². The van der Waals surface area contributed by atoms with E-state index in [1.807, 2.05) is 0 Å². The Hall–Kier alpha value is -1.24. The van der Waals surface area contributed by atoms with Crippen molar-refractivity contribution in [2.24, 2.45) is 0 Å². The average Bonchev–Trinajstić information content (AvgIpc) is 2.26. The molecule has 0 unspecified atom stereocenters. The highest BCUT2D eigenvalue weighted by atomic mass is 35.5. The summed E-state index contributed by atoms with van der Waals surface area (Å²) in [4.78, 5) is 9.04. The second-order valence-corrected chi connectivity index (χ2v) is 4.15. The van der Waals surface area contributed by atoms with Crippen LogP contribution in [0.15, 0.2) is 6.07 Å². The normalized spacial score (nSPS) is 11.5. The van der Waals surface area contributed by atoms with Crippen molar-refractivity contribution < 1.29 is 17.9 Å². The third-order valence-electron chi connectivity index (χ3n) is 2.14. The molecule has 1 aromatic heterocycles. The molecule has 108 valence electrons. The van der Waals surface area contributed by atoms with Crippen LogP contribution in [0.1, 0.15) is 12.7 Å². The molecule has 0 atom stereocenters. The lowest BCUT2D eigenvalue weighted by Gasteiger charge is -2.24. The fourth-order valence-electron chi connectivity index (χ4n) is 1.50. The SMILES string of the molecule is CCOc1cc(N(CCCl)CC(F)(F)F)nc(C)n1. The van der Waals surface area contributed by atoms with E-state index in [0.29, 0.717) is 12.4 Å². The summed E-state index contributed by atoms with van der Waals surface area (Å²) in [7, 11) is 0. The number of halogens is 4. The minimum absolute atomic E-state index is 0.0447. The van der Waals surface area contributed by atoms with Gasteiger partial charge in [0.2, 0.25) is 5.88 Å². The summed E-state index contributed by atoms with van der Waals surface area (Å²) in [6.45, 7) is 2.68. The molecule has 19 heavy (non-hydrogen) atoms. The highest BCUT2D eigenvalue weighted by Gasteiger charge is 2.31. The van der Waals surface area contributed by atoms with Crippen LogP contribution in [-0.2, 0) is 0 Å². The van der Waals surface area contributed by atoms with Crippen LogP contribution in [0.3, 0.4) is 0 Å². The molecule has 1 rings (SSSR count). The highest BCUT2D eigenvalue weighted by molar-refractivity contribution is 6.18. The Balaban J connectivity index is 3.00. The maximum atomic E-state index is 12.5. The first-order chi connectivity index (χ1) is 8.85. The first-order valence-electron chi connectivity index (χ1n) is 5.72. The maximum Gasteiger partial charge on any atom is 0.405 e. The summed E-state index contributed by atoms with van der Waals surface area (Å²) < 4.78 is 42.7. The van der Waals surface area contributed by atoms with E-state index in [4.69, 9.17) is 16.3 Å². The van der Waals surface area contributed by atoms with E-state index in [0.717, 1.165) is 4.90 Å². The number of hydrogen-bond donors (Lipinski definition) is 0. The van der Waals surface area contributed by atoms with Gasteiger partial charge in [0.05, 0.1) is 6.61 Å². The molecule has 0 aliphatic heterocycles. The van der Waals surface area contributed by atoms with Crippen molar-refractivity contribution in [3.8, 4) is 5.88 Å². The van der Waals surface area contributed by atoms with Gasteiger partial charge in [0.15, 0.2) is 0 Å². The number of hydrogen-bond acceptors (Lipinski definition) is 4. The number of alkyl halides is 4. The Morgan fingerprint density at radius 2 is 2.05 bits per heavy atom. The van der Waals surface area contributed by atoms with Gasteiger partial charge in [-0.3, -0.25) is 0 Å². The molecular weight excluding hydrogens is 283 g/mol. The van der Waals surface area contributed by atoms with Crippen molar-refractivity contribution in [3.63, 3.8) is 0 Å². The van der Waals surface area contributed by atoms with Crippen LogP contribution < -0.4 is 9.64 Å². The predicted octanol–water partition coefficient (Wildman–Crippen LogP) is 2.79. The van der Waals surface area contributed by atoms with Crippen LogP contribution in [-0.4, -0.2) is 41.7 Å². The number of aromatic nitrogens is 2. The van der Waals surface area contributed by atoms with Crippen molar-refractivity contribution in [2.75, 3.05) is 30.5 Å². The van der Waals surface area contributed by atoms with E-state index in [9.17, 15) is 13.2 Å². The van der Waals surface area contributed by atoms with Gasteiger partial charge in [0.1, 0.15) is 18.2 Å². The van der Waals surface area contributed by atoms with Gasteiger partial charge in [-0.1, -0.05) is 0 Å². The zero-order chi connectivity index (χ0) is 14.5. The number of nitrogens with zero attached hydrogens (tertiary/aromatic N) is 3. The molecule has 1 aromatic rings. The molecule has 0 spiro atoms.